The van der Waals surface area contributed by atoms with Crippen molar-refractivity contribution in [3.8, 4) is 0 Å². The van der Waals surface area contributed by atoms with E-state index in [4.69, 9.17) is 16.3 Å². The molecule has 74 valence electrons. The SMILES string of the molecule is C=C(COC)C(=O)c1ccc(Cl)cc1. The topological polar surface area (TPSA) is 26.3 Å². The highest BCUT2D eigenvalue weighted by molar-refractivity contribution is 6.30. The van der Waals surface area contributed by atoms with E-state index in [0.29, 0.717) is 16.2 Å². The molecule has 0 atom stereocenters. The molecule has 0 fully saturated rings. The van der Waals surface area contributed by atoms with Gasteiger partial charge < -0.3 is 4.74 Å². The summed E-state index contributed by atoms with van der Waals surface area (Å²) < 4.78 is 4.82. The molecule has 14 heavy (non-hydrogen) atoms. The zero-order chi connectivity index (χ0) is 10.6. The summed E-state index contributed by atoms with van der Waals surface area (Å²) in [5.41, 5.74) is 1.02. The van der Waals surface area contributed by atoms with E-state index in [9.17, 15) is 4.79 Å². The average molecular weight is 211 g/mol. The molecule has 1 rings (SSSR count). The summed E-state index contributed by atoms with van der Waals surface area (Å²) >= 11 is 5.70. The van der Waals surface area contributed by atoms with Gasteiger partial charge in [0.05, 0.1) is 6.61 Å². The number of benzene rings is 1. The minimum absolute atomic E-state index is 0.108. The van der Waals surface area contributed by atoms with Gasteiger partial charge in [-0.3, -0.25) is 4.79 Å². The van der Waals surface area contributed by atoms with Crippen LogP contribution in [0.3, 0.4) is 0 Å². The highest BCUT2D eigenvalue weighted by Crippen LogP contribution is 2.12. The highest BCUT2D eigenvalue weighted by atomic mass is 35.5. The molecule has 2 nitrogen and oxygen atoms in total. The first-order valence-electron chi connectivity index (χ1n) is 4.12. The van der Waals surface area contributed by atoms with Crippen molar-refractivity contribution < 1.29 is 9.53 Å². The Morgan fingerprint density at radius 3 is 2.50 bits per heavy atom. The Morgan fingerprint density at radius 2 is 2.00 bits per heavy atom. The maximum Gasteiger partial charge on any atom is 0.190 e. The van der Waals surface area contributed by atoms with Gasteiger partial charge in [0, 0.05) is 23.3 Å². The fourth-order valence-corrected chi connectivity index (χ4v) is 1.17. The third-order valence-corrected chi connectivity index (χ3v) is 2.00. The van der Waals surface area contributed by atoms with Crippen molar-refractivity contribution in [2.24, 2.45) is 0 Å². The maximum absolute atomic E-state index is 11.6. The predicted octanol–water partition coefficient (Wildman–Crippen LogP) is 2.73. The number of halogens is 1. The van der Waals surface area contributed by atoms with Crippen LogP contribution in [0.4, 0.5) is 0 Å². The summed E-state index contributed by atoms with van der Waals surface area (Å²) in [6.07, 6.45) is 0. The lowest BCUT2D eigenvalue weighted by Crippen LogP contribution is -2.06. The van der Waals surface area contributed by atoms with Gasteiger partial charge in [0.25, 0.3) is 0 Å². The second-order valence-corrected chi connectivity index (χ2v) is 3.31. The van der Waals surface area contributed by atoms with Crippen LogP contribution in [0.25, 0.3) is 0 Å². The molecule has 0 N–H and O–H groups in total. The smallest absolute Gasteiger partial charge is 0.190 e. The molecule has 1 aromatic carbocycles. The van der Waals surface area contributed by atoms with Crippen LogP contribution in [-0.2, 0) is 4.74 Å². The quantitative estimate of drug-likeness (QED) is 0.564. The van der Waals surface area contributed by atoms with Gasteiger partial charge in [-0.25, -0.2) is 0 Å². The summed E-state index contributed by atoms with van der Waals surface area (Å²) in [5, 5.41) is 0.610. The predicted molar refractivity (Wildman–Crippen MR) is 56.8 cm³/mol. The lowest BCUT2D eigenvalue weighted by atomic mass is 10.1. The molecule has 0 radical (unpaired) electrons. The van der Waals surface area contributed by atoms with Gasteiger partial charge >= 0.3 is 0 Å². The van der Waals surface area contributed by atoms with Crippen LogP contribution in [0.5, 0.6) is 0 Å². The van der Waals surface area contributed by atoms with Crippen LogP contribution in [0.15, 0.2) is 36.4 Å². The summed E-state index contributed by atoms with van der Waals surface area (Å²) in [6, 6.07) is 6.70. The molecule has 0 aromatic heterocycles. The van der Waals surface area contributed by atoms with E-state index < -0.39 is 0 Å². The Hall–Kier alpha value is -1.12. The van der Waals surface area contributed by atoms with Crippen molar-refractivity contribution in [1.82, 2.24) is 0 Å². The highest BCUT2D eigenvalue weighted by Gasteiger charge is 2.09. The second kappa shape index (κ2) is 4.94. The number of hydrogen-bond donors (Lipinski definition) is 0. The van der Waals surface area contributed by atoms with Crippen LogP contribution in [0, 0.1) is 0 Å². The van der Waals surface area contributed by atoms with Crippen molar-refractivity contribution in [3.63, 3.8) is 0 Å². The third kappa shape index (κ3) is 2.69. The normalized spacial score (nSPS) is 9.86. The van der Waals surface area contributed by atoms with Gasteiger partial charge in [-0.2, -0.15) is 0 Å². The number of hydrogen-bond acceptors (Lipinski definition) is 2. The standard InChI is InChI=1S/C11H11ClO2/c1-8(7-14-2)11(13)9-3-5-10(12)6-4-9/h3-6H,1,7H2,2H3. The largest absolute Gasteiger partial charge is 0.380 e. The average Bonchev–Trinajstić information content (AvgIpc) is 2.18. The number of carbonyl (C=O) groups excluding carboxylic acids is 1. The van der Waals surface area contributed by atoms with E-state index in [1.165, 1.54) is 7.11 Å². The minimum Gasteiger partial charge on any atom is -0.380 e. The van der Waals surface area contributed by atoms with Gasteiger partial charge in [0.15, 0.2) is 5.78 Å². The van der Waals surface area contributed by atoms with Gasteiger partial charge in [-0.05, 0) is 24.3 Å². The van der Waals surface area contributed by atoms with Crippen LogP contribution >= 0.6 is 11.6 Å². The Balaban J connectivity index is 2.79. The number of rotatable bonds is 4. The molecule has 0 aliphatic carbocycles. The van der Waals surface area contributed by atoms with Crippen molar-refractivity contribution in [1.29, 1.82) is 0 Å². The first kappa shape index (κ1) is 11.0. The Kier molecular flexibility index (Phi) is 3.86. The minimum atomic E-state index is -0.108. The fraction of sp³-hybridized carbons (Fsp3) is 0.182. The molecule has 0 aliphatic heterocycles. The van der Waals surface area contributed by atoms with Crippen molar-refractivity contribution in [2.75, 3.05) is 13.7 Å². The molecule has 0 saturated carbocycles. The lowest BCUT2D eigenvalue weighted by molar-refractivity contribution is 0.101. The van der Waals surface area contributed by atoms with E-state index in [0.717, 1.165) is 0 Å². The van der Waals surface area contributed by atoms with Gasteiger partial charge in [-0.15, -0.1) is 0 Å². The fourth-order valence-electron chi connectivity index (χ4n) is 1.05. The summed E-state index contributed by atoms with van der Waals surface area (Å²) in [7, 11) is 1.53. The molecule has 0 amide bonds. The lowest BCUT2D eigenvalue weighted by Gasteiger charge is -2.03. The van der Waals surface area contributed by atoms with Crippen LogP contribution in [0.2, 0.25) is 5.02 Å². The third-order valence-electron chi connectivity index (χ3n) is 1.75. The van der Waals surface area contributed by atoms with Gasteiger partial charge in [-0.1, -0.05) is 18.2 Å². The summed E-state index contributed by atoms with van der Waals surface area (Å²) in [5.74, 6) is -0.108. The first-order valence-corrected chi connectivity index (χ1v) is 4.50. The Labute approximate surface area is 88.1 Å². The van der Waals surface area contributed by atoms with E-state index in [2.05, 4.69) is 6.58 Å². The van der Waals surface area contributed by atoms with Crippen molar-refractivity contribution in [2.45, 2.75) is 0 Å². The zero-order valence-electron chi connectivity index (χ0n) is 7.92. The van der Waals surface area contributed by atoms with Gasteiger partial charge in [0.1, 0.15) is 0 Å². The molecule has 0 unspecified atom stereocenters. The van der Waals surface area contributed by atoms with E-state index >= 15 is 0 Å². The number of ether oxygens (including phenoxy) is 1. The molecular weight excluding hydrogens is 200 g/mol. The van der Waals surface area contributed by atoms with Crippen LogP contribution < -0.4 is 0 Å². The van der Waals surface area contributed by atoms with E-state index in [1.54, 1.807) is 24.3 Å². The van der Waals surface area contributed by atoms with E-state index in [1.807, 2.05) is 0 Å². The molecule has 0 bridgehead atoms. The number of Topliss-reactive ketones (excluding diaryl/α,β-unsaturated/α-hetero) is 1. The monoisotopic (exact) mass is 210 g/mol. The number of ketones is 1. The molecule has 3 heteroatoms. The molecule has 0 heterocycles. The van der Waals surface area contributed by atoms with E-state index in [-0.39, 0.29) is 12.4 Å². The number of methoxy groups -OCH3 is 1. The maximum atomic E-state index is 11.6. The van der Waals surface area contributed by atoms with Crippen LogP contribution in [0.1, 0.15) is 10.4 Å². The summed E-state index contributed by atoms with van der Waals surface area (Å²) in [4.78, 5) is 11.6. The number of carbonyl (C=O) groups is 1. The van der Waals surface area contributed by atoms with Crippen molar-refractivity contribution >= 4 is 17.4 Å². The van der Waals surface area contributed by atoms with Crippen LogP contribution in [-0.4, -0.2) is 19.5 Å². The molecular formula is C11H11ClO2. The zero-order valence-corrected chi connectivity index (χ0v) is 8.67. The Bertz CT molecular complexity index is 341. The Morgan fingerprint density at radius 1 is 1.43 bits per heavy atom. The van der Waals surface area contributed by atoms with Crippen molar-refractivity contribution in [3.05, 3.63) is 47.0 Å². The molecule has 1 aromatic rings. The molecule has 0 spiro atoms. The summed E-state index contributed by atoms with van der Waals surface area (Å²) in [6.45, 7) is 3.89. The molecule has 0 saturated heterocycles. The first-order chi connectivity index (χ1) is 6.65. The second-order valence-electron chi connectivity index (χ2n) is 2.87. The molecule has 0 aliphatic rings. The van der Waals surface area contributed by atoms with Gasteiger partial charge in [0.2, 0.25) is 0 Å².